The van der Waals surface area contributed by atoms with Crippen LogP contribution in [0, 0.1) is 0 Å². The van der Waals surface area contributed by atoms with E-state index in [2.05, 4.69) is 0 Å². The molecular formula is C13H25ClN2O2S. The summed E-state index contributed by atoms with van der Waals surface area (Å²) in [5.74, 6) is 1.06. The lowest BCUT2D eigenvalue weighted by molar-refractivity contribution is -0.151. The fourth-order valence-corrected chi connectivity index (χ4v) is 3.45. The number of hydrogen-bond acceptors (Lipinski definition) is 4. The zero-order valence-corrected chi connectivity index (χ0v) is 13.2. The monoisotopic (exact) mass is 308 g/mol. The Bertz CT molecular complexity index is 298. The molecule has 2 N–H and O–H groups in total. The normalized spacial score (nSPS) is 23.2. The number of carbonyl (C=O) groups is 1. The van der Waals surface area contributed by atoms with Gasteiger partial charge in [-0.15, -0.1) is 12.4 Å². The van der Waals surface area contributed by atoms with Crippen LogP contribution in [-0.2, 0) is 9.53 Å². The van der Waals surface area contributed by atoms with Crippen molar-refractivity contribution in [2.24, 2.45) is 5.73 Å². The molecule has 0 radical (unpaired) electrons. The molecule has 4 nitrogen and oxygen atoms in total. The molecule has 1 heterocycles. The summed E-state index contributed by atoms with van der Waals surface area (Å²) < 4.78 is 5.93. The molecular weight excluding hydrogens is 284 g/mol. The number of thioether (sulfide) groups is 1. The van der Waals surface area contributed by atoms with Gasteiger partial charge in [0.15, 0.2) is 0 Å². The second kappa shape index (κ2) is 7.72. The van der Waals surface area contributed by atoms with Crippen LogP contribution < -0.4 is 5.73 Å². The van der Waals surface area contributed by atoms with Gasteiger partial charge in [0.2, 0.25) is 5.91 Å². The van der Waals surface area contributed by atoms with Gasteiger partial charge in [0.1, 0.15) is 0 Å². The van der Waals surface area contributed by atoms with Crippen molar-refractivity contribution in [2.75, 3.05) is 31.7 Å². The third-order valence-corrected chi connectivity index (χ3v) is 4.67. The molecule has 0 aromatic carbocycles. The predicted octanol–water partition coefficient (Wildman–Crippen LogP) is 1.66. The van der Waals surface area contributed by atoms with Crippen LogP contribution in [0.2, 0.25) is 0 Å². The molecule has 0 aromatic heterocycles. The number of ether oxygens (including phenoxy) is 1. The van der Waals surface area contributed by atoms with E-state index in [-0.39, 0.29) is 30.0 Å². The van der Waals surface area contributed by atoms with Gasteiger partial charge in [-0.1, -0.05) is 12.8 Å². The zero-order valence-electron chi connectivity index (χ0n) is 11.6. The molecule has 1 aliphatic carbocycles. The first-order chi connectivity index (χ1) is 8.67. The van der Waals surface area contributed by atoms with Crippen molar-refractivity contribution in [1.29, 1.82) is 0 Å². The average Bonchev–Trinajstić information content (AvgIpc) is 2.83. The Morgan fingerprint density at radius 1 is 1.47 bits per heavy atom. The van der Waals surface area contributed by atoms with Crippen LogP contribution in [-0.4, -0.2) is 54.2 Å². The van der Waals surface area contributed by atoms with E-state index in [9.17, 15) is 4.79 Å². The van der Waals surface area contributed by atoms with E-state index >= 15 is 0 Å². The van der Waals surface area contributed by atoms with Gasteiger partial charge in [0.25, 0.3) is 0 Å². The number of morpholine rings is 1. The predicted molar refractivity (Wildman–Crippen MR) is 82.0 cm³/mol. The topological polar surface area (TPSA) is 55.6 Å². The van der Waals surface area contributed by atoms with Crippen molar-refractivity contribution in [3.63, 3.8) is 0 Å². The van der Waals surface area contributed by atoms with Crippen molar-refractivity contribution in [2.45, 2.75) is 43.7 Å². The molecule has 2 fully saturated rings. The summed E-state index contributed by atoms with van der Waals surface area (Å²) in [4.78, 5) is 14.2. The Kier molecular flexibility index (Phi) is 6.94. The molecule has 112 valence electrons. The number of hydrogen-bond donors (Lipinski definition) is 1. The summed E-state index contributed by atoms with van der Waals surface area (Å²) in [6.07, 6.45) is 7.44. The highest BCUT2D eigenvalue weighted by atomic mass is 35.5. The molecule has 1 saturated heterocycles. The molecule has 2 rings (SSSR count). The standard InChI is InChI=1S/C13H24N2O2S.ClH/c1-18-9-4-11(14)12(16)15-7-8-17-13(10-15)5-2-3-6-13;/h11H,2-10,14H2,1H3;1H. The van der Waals surface area contributed by atoms with Crippen molar-refractivity contribution in [1.82, 2.24) is 4.90 Å². The van der Waals surface area contributed by atoms with Crippen LogP contribution >= 0.6 is 24.2 Å². The van der Waals surface area contributed by atoms with Gasteiger partial charge in [-0.3, -0.25) is 4.79 Å². The van der Waals surface area contributed by atoms with Crippen LogP contribution in [0.3, 0.4) is 0 Å². The molecule has 1 aliphatic heterocycles. The Labute approximate surface area is 126 Å². The van der Waals surface area contributed by atoms with Crippen molar-refractivity contribution in [3.05, 3.63) is 0 Å². The smallest absolute Gasteiger partial charge is 0.239 e. The number of carbonyl (C=O) groups excluding carboxylic acids is 1. The quantitative estimate of drug-likeness (QED) is 0.858. The first-order valence-electron chi connectivity index (χ1n) is 6.84. The van der Waals surface area contributed by atoms with E-state index in [1.54, 1.807) is 11.8 Å². The van der Waals surface area contributed by atoms with Gasteiger partial charge in [-0.05, 0) is 31.3 Å². The SMILES string of the molecule is CSCCC(N)C(=O)N1CCOC2(CCCC2)C1.Cl. The number of halogens is 1. The fraction of sp³-hybridized carbons (Fsp3) is 0.923. The number of nitrogens with zero attached hydrogens (tertiary/aromatic N) is 1. The maximum Gasteiger partial charge on any atom is 0.239 e. The summed E-state index contributed by atoms with van der Waals surface area (Å²) in [6.45, 7) is 2.12. The Hall–Kier alpha value is 0.0300. The van der Waals surface area contributed by atoms with E-state index in [1.807, 2.05) is 11.2 Å². The summed E-state index contributed by atoms with van der Waals surface area (Å²) in [6, 6.07) is -0.339. The lowest BCUT2D eigenvalue weighted by Gasteiger charge is -2.41. The zero-order chi connectivity index (χ0) is 13.0. The van der Waals surface area contributed by atoms with Gasteiger partial charge < -0.3 is 15.4 Å². The van der Waals surface area contributed by atoms with Crippen LogP contribution in [0.15, 0.2) is 0 Å². The van der Waals surface area contributed by atoms with Crippen LogP contribution in [0.4, 0.5) is 0 Å². The molecule has 1 amide bonds. The van der Waals surface area contributed by atoms with Crippen molar-refractivity contribution in [3.8, 4) is 0 Å². The van der Waals surface area contributed by atoms with E-state index in [0.29, 0.717) is 13.2 Å². The minimum absolute atomic E-state index is 0. The molecule has 2 aliphatic rings. The molecule has 1 spiro atoms. The maximum absolute atomic E-state index is 12.3. The Morgan fingerprint density at radius 3 is 2.79 bits per heavy atom. The summed E-state index contributed by atoms with van der Waals surface area (Å²) in [7, 11) is 0. The van der Waals surface area contributed by atoms with Crippen LogP contribution in [0.25, 0.3) is 0 Å². The number of rotatable bonds is 4. The molecule has 1 saturated carbocycles. The Morgan fingerprint density at radius 2 is 2.16 bits per heavy atom. The number of nitrogens with two attached hydrogens (primary N) is 1. The fourth-order valence-electron chi connectivity index (χ4n) is 2.96. The van der Waals surface area contributed by atoms with Gasteiger partial charge in [-0.2, -0.15) is 11.8 Å². The van der Waals surface area contributed by atoms with E-state index in [1.165, 1.54) is 12.8 Å². The highest BCUT2D eigenvalue weighted by molar-refractivity contribution is 7.98. The molecule has 0 aromatic rings. The molecule has 6 heteroatoms. The Balaban J connectivity index is 0.00000180. The summed E-state index contributed by atoms with van der Waals surface area (Å²) in [5.41, 5.74) is 5.93. The lowest BCUT2D eigenvalue weighted by atomic mass is 9.99. The molecule has 1 atom stereocenters. The second-order valence-corrected chi connectivity index (χ2v) is 6.37. The van der Waals surface area contributed by atoms with Gasteiger partial charge in [-0.25, -0.2) is 0 Å². The molecule has 0 bridgehead atoms. The van der Waals surface area contributed by atoms with Crippen LogP contribution in [0.5, 0.6) is 0 Å². The minimum atomic E-state index is -0.339. The van der Waals surface area contributed by atoms with Gasteiger partial charge in [0.05, 0.1) is 18.2 Å². The number of amides is 1. The summed E-state index contributed by atoms with van der Waals surface area (Å²) in [5, 5.41) is 0. The largest absolute Gasteiger partial charge is 0.371 e. The van der Waals surface area contributed by atoms with Gasteiger partial charge >= 0.3 is 0 Å². The van der Waals surface area contributed by atoms with E-state index in [4.69, 9.17) is 10.5 Å². The summed E-state index contributed by atoms with van der Waals surface area (Å²) >= 11 is 1.74. The minimum Gasteiger partial charge on any atom is -0.371 e. The van der Waals surface area contributed by atoms with Crippen molar-refractivity contribution >= 4 is 30.1 Å². The first-order valence-corrected chi connectivity index (χ1v) is 8.23. The van der Waals surface area contributed by atoms with Crippen molar-refractivity contribution < 1.29 is 9.53 Å². The molecule has 1 unspecified atom stereocenters. The van der Waals surface area contributed by atoms with E-state index in [0.717, 1.165) is 31.6 Å². The highest BCUT2D eigenvalue weighted by Crippen LogP contribution is 2.35. The molecule has 19 heavy (non-hydrogen) atoms. The van der Waals surface area contributed by atoms with E-state index < -0.39 is 0 Å². The second-order valence-electron chi connectivity index (χ2n) is 5.39. The average molecular weight is 309 g/mol. The lowest BCUT2D eigenvalue weighted by Crippen LogP contribution is -2.56. The van der Waals surface area contributed by atoms with Gasteiger partial charge in [0, 0.05) is 13.1 Å². The first kappa shape index (κ1) is 17.1. The van der Waals surface area contributed by atoms with Crippen LogP contribution in [0.1, 0.15) is 32.1 Å². The third-order valence-electron chi connectivity index (χ3n) is 4.03. The maximum atomic E-state index is 12.3. The third kappa shape index (κ3) is 4.25. The highest BCUT2D eigenvalue weighted by Gasteiger charge is 2.41.